The summed E-state index contributed by atoms with van der Waals surface area (Å²) in [6, 6.07) is 7.66. The number of ether oxygens (including phenoxy) is 2. The molecule has 0 aliphatic rings. The number of halogens is 4. The van der Waals surface area contributed by atoms with Crippen LogP contribution in [0.15, 0.2) is 24.3 Å². The predicted molar refractivity (Wildman–Crippen MR) is 153 cm³/mol. The highest BCUT2D eigenvalue weighted by atomic mass is 127. The summed E-state index contributed by atoms with van der Waals surface area (Å²) < 4.78 is 16.0. The molecule has 0 saturated carbocycles. The van der Waals surface area contributed by atoms with Gasteiger partial charge in [-0.2, -0.15) is 0 Å². The molecule has 0 amide bonds. The molecule has 0 spiro atoms. The van der Waals surface area contributed by atoms with Crippen molar-refractivity contribution >= 4 is 96.3 Å². The van der Waals surface area contributed by atoms with Crippen molar-refractivity contribution in [2.45, 2.75) is 26.7 Å². The molecule has 0 atom stereocenters. The summed E-state index contributed by atoms with van der Waals surface area (Å²) in [4.78, 5) is 13.4. The molecule has 0 saturated heterocycles. The third kappa shape index (κ3) is 8.06. The van der Waals surface area contributed by atoms with E-state index in [0.717, 1.165) is 63.1 Å². The average Bonchev–Trinajstić information content (AvgIpc) is 2.66. The van der Waals surface area contributed by atoms with Crippen LogP contribution in [0.3, 0.4) is 0 Å². The smallest absolute Gasteiger partial charge is 0.307 e. The Morgan fingerprint density at radius 1 is 0.933 bits per heavy atom. The van der Waals surface area contributed by atoms with Crippen LogP contribution in [0.25, 0.3) is 0 Å². The lowest BCUT2D eigenvalue weighted by atomic mass is 10.1. The van der Waals surface area contributed by atoms with Gasteiger partial charge >= 0.3 is 5.97 Å². The van der Waals surface area contributed by atoms with E-state index in [1.54, 1.807) is 0 Å². The molecule has 9 heteroatoms. The van der Waals surface area contributed by atoms with Crippen LogP contribution in [-0.2, 0) is 11.2 Å². The average molecular weight is 861 g/mol. The summed E-state index contributed by atoms with van der Waals surface area (Å²) >= 11 is 8.94. The number of hydrogen-bond donors (Lipinski definition) is 1. The van der Waals surface area contributed by atoms with E-state index in [0.29, 0.717) is 6.61 Å². The molecule has 2 aromatic carbocycles. The fraction of sp³-hybridized carbons (Fsp3) is 0.381. The van der Waals surface area contributed by atoms with Crippen LogP contribution in [0, 0.1) is 14.3 Å². The maximum atomic E-state index is 11.0. The van der Waals surface area contributed by atoms with Crippen molar-refractivity contribution in [3.05, 3.63) is 44.1 Å². The minimum absolute atomic E-state index is 0.00237. The number of aliphatic carboxylic acids is 1. The van der Waals surface area contributed by atoms with Crippen LogP contribution in [0.4, 0.5) is 0 Å². The van der Waals surface area contributed by atoms with Gasteiger partial charge in [-0.05, 0) is 140 Å². The van der Waals surface area contributed by atoms with E-state index in [2.05, 4.69) is 109 Å². The third-order valence-electron chi connectivity index (χ3n) is 4.36. The number of carboxylic acids is 1. The van der Waals surface area contributed by atoms with Crippen LogP contribution in [-0.4, -0.2) is 42.2 Å². The molecule has 0 unspecified atom stereocenters. The van der Waals surface area contributed by atoms with Crippen molar-refractivity contribution < 1.29 is 19.4 Å². The van der Waals surface area contributed by atoms with Gasteiger partial charge in [-0.15, -0.1) is 0 Å². The zero-order valence-corrected chi connectivity index (χ0v) is 25.3. The molecule has 0 fully saturated rings. The highest BCUT2D eigenvalue weighted by Crippen LogP contribution is 2.37. The van der Waals surface area contributed by atoms with Crippen LogP contribution in [0.1, 0.15) is 25.8 Å². The standard InChI is InChI=1S/C21H23I4NO4/c1-3-26(4-2)6-5-7-29-20-17(24)11-14(12-18(20)25)30-21-15(22)8-13(9-16(21)23)10-19(27)28/h8-9,11-12H,3-7,10H2,1-2H3,(H,27,28). The van der Waals surface area contributed by atoms with Crippen LogP contribution >= 0.6 is 90.4 Å². The largest absolute Gasteiger partial charge is 0.491 e. The second-order valence-electron chi connectivity index (χ2n) is 6.51. The fourth-order valence-electron chi connectivity index (χ4n) is 2.84. The number of rotatable bonds is 11. The number of hydrogen-bond acceptors (Lipinski definition) is 4. The van der Waals surface area contributed by atoms with Crippen molar-refractivity contribution in [3.63, 3.8) is 0 Å². The molecule has 5 nitrogen and oxygen atoms in total. The van der Waals surface area contributed by atoms with Gasteiger partial charge in [-0.1, -0.05) is 13.8 Å². The van der Waals surface area contributed by atoms with E-state index in [4.69, 9.17) is 14.6 Å². The van der Waals surface area contributed by atoms with Crippen molar-refractivity contribution in [1.29, 1.82) is 0 Å². The Labute approximate surface area is 232 Å². The van der Waals surface area contributed by atoms with E-state index in [1.807, 2.05) is 24.3 Å². The first-order valence-electron chi connectivity index (χ1n) is 9.46. The molecule has 0 radical (unpaired) electrons. The van der Waals surface area contributed by atoms with Crippen LogP contribution in [0.2, 0.25) is 0 Å². The van der Waals surface area contributed by atoms with Gasteiger partial charge in [0.25, 0.3) is 0 Å². The molecule has 0 aromatic heterocycles. The van der Waals surface area contributed by atoms with Gasteiger partial charge in [-0.3, -0.25) is 4.79 Å². The van der Waals surface area contributed by atoms with Crippen molar-refractivity contribution in [2.75, 3.05) is 26.2 Å². The monoisotopic (exact) mass is 861 g/mol. The Morgan fingerprint density at radius 2 is 1.47 bits per heavy atom. The van der Waals surface area contributed by atoms with Crippen molar-refractivity contribution in [2.24, 2.45) is 0 Å². The zero-order chi connectivity index (χ0) is 22.3. The Morgan fingerprint density at radius 3 is 1.97 bits per heavy atom. The lowest BCUT2D eigenvalue weighted by Crippen LogP contribution is -2.25. The van der Waals surface area contributed by atoms with E-state index < -0.39 is 5.97 Å². The van der Waals surface area contributed by atoms with Gasteiger partial charge < -0.3 is 19.5 Å². The molecule has 2 rings (SSSR count). The van der Waals surface area contributed by atoms with Crippen molar-refractivity contribution in [3.8, 4) is 17.2 Å². The maximum Gasteiger partial charge on any atom is 0.307 e. The quantitative estimate of drug-likeness (QED) is 0.203. The Bertz CT molecular complexity index is 841. The summed E-state index contributed by atoms with van der Waals surface area (Å²) in [5.74, 6) is 1.53. The van der Waals surface area contributed by atoms with Gasteiger partial charge in [0.2, 0.25) is 0 Å². The Kier molecular flexibility index (Phi) is 11.7. The highest BCUT2D eigenvalue weighted by Gasteiger charge is 2.15. The third-order valence-corrected chi connectivity index (χ3v) is 7.57. The van der Waals surface area contributed by atoms with Crippen molar-refractivity contribution in [1.82, 2.24) is 4.90 Å². The molecule has 0 heterocycles. The molecule has 164 valence electrons. The summed E-state index contributed by atoms with van der Waals surface area (Å²) in [5.41, 5.74) is 0.765. The van der Waals surface area contributed by atoms with Gasteiger partial charge in [0.05, 0.1) is 27.3 Å². The lowest BCUT2D eigenvalue weighted by Gasteiger charge is -2.18. The number of carbonyl (C=O) groups is 1. The zero-order valence-electron chi connectivity index (χ0n) is 16.7. The summed E-state index contributed by atoms with van der Waals surface area (Å²) in [6.07, 6.45) is 0.994. The number of carboxylic acid groups (broad SMARTS) is 1. The SMILES string of the molecule is CCN(CC)CCCOc1c(I)cc(Oc2c(I)cc(CC(=O)O)cc2I)cc1I. The molecule has 0 aliphatic carbocycles. The number of benzene rings is 2. The molecule has 1 N–H and O–H groups in total. The highest BCUT2D eigenvalue weighted by molar-refractivity contribution is 14.1. The summed E-state index contributed by atoms with van der Waals surface area (Å²) in [5, 5.41) is 9.02. The molecular formula is C21H23I4NO4. The molecule has 0 bridgehead atoms. The molecule has 0 aliphatic heterocycles. The first-order chi connectivity index (χ1) is 14.2. The van der Waals surface area contributed by atoms with Crippen LogP contribution < -0.4 is 9.47 Å². The normalized spacial score (nSPS) is 11.0. The molecule has 30 heavy (non-hydrogen) atoms. The Hall–Kier alpha value is 0.390. The van der Waals surface area contributed by atoms with Gasteiger partial charge in [0.15, 0.2) is 5.75 Å². The molecule has 2 aromatic rings. The van der Waals surface area contributed by atoms with Crippen LogP contribution in [0.5, 0.6) is 17.2 Å². The molecular weight excluding hydrogens is 838 g/mol. The fourth-order valence-corrected chi connectivity index (χ4v) is 6.98. The van der Waals surface area contributed by atoms with Gasteiger partial charge in [0.1, 0.15) is 11.5 Å². The summed E-state index contributed by atoms with van der Waals surface area (Å²) in [7, 11) is 0. The Balaban J connectivity index is 2.09. The van der Waals surface area contributed by atoms with Gasteiger partial charge in [0, 0.05) is 6.54 Å². The summed E-state index contributed by atoms with van der Waals surface area (Å²) in [6.45, 7) is 8.20. The van der Waals surface area contributed by atoms with E-state index in [1.165, 1.54) is 0 Å². The first kappa shape index (κ1) is 26.6. The van der Waals surface area contributed by atoms with E-state index >= 15 is 0 Å². The minimum Gasteiger partial charge on any atom is -0.491 e. The van der Waals surface area contributed by atoms with E-state index in [9.17, 15) is 4.79 Å². The number of nitrogens with zero attached hydrogens (tertiary/aromatic N) is 1. The lowest BCUT2D eigenvalue weighted by molar-refractivity contribution is -0.136. The van der Waals surface area contributed by atoms with E-state index in [-0.39, 0.29) is 6.42 Å². The minimum atomic E-state index is -0.841. The first-order valence-corrected chi connectivity index (χ1v) is 13.8. The topological polar surface area (TPSA) is 59.0 Å². The van der Waals surface area contributed by atoms with Gasteiger partial charge in [-0.25, -0.2) is 0 Å². The second-order valence-corrected chi connectivity index (χ2v) is 11.2. The second kappa shape index (κ2) is 13.2. The maximum absolute atomic E-state index is 11.0. The predicted octanol–water partition coefficient (Wildman–Crippen LogP) is 6.64.